The Morgan fingerprint density at radius 3 is 2.51 bits per heavy atom. The van der Waals surface area contributed by atoms with Gasteiger partial charge >= 0.3 is 5.97 Å². The van der Waals surface area contributed by atoms with E-state index in [1.165, 1.54) is 48.5 Å². The van der Waals surface area contributed by atoms with Gasteiger partial charge in [-0.1, -0.05) is 30.3 Å². The first-order valence-electron chi connectivity index (χ1n) is 12.1. The van der Waals surface area contributed by atoms with Crippen molar-refractivity contribution < 1.29 is 31.9 Å². The van der Waals surface area contributed by atoms with Crippen LogP contribution in [0.4, 0.5) is 4.39 Å². The third-order valence-corrected chi connectivity index (χ3v) is 8.23. The van der Waals surface area contributed by atoms with E-state index in [-0.39, 0.29) is 36.5 Å². The standard InChI is InChI=1S/C27H27FN4O6S/c1-38-27(35)23(15-19-7-6-12-29-17-19)30-25(33)24-18-31(26(34)20-8-5-9-21(28)16-20)13-14-32(24)39(36,37)22-10-3-2-4-11-22/h2-12,16-17,23-24H,13-15,18H2,1H3,(H,30,33). The molecule has 2 heterocycles. The van der Waals surface area contributed by atoms with E-state index in [1.807, 2.05) is 0 Å². The number of methoxy groups -OCH3 is 1. The fraction of sp³-hybridized carbons (Fsp3) is 0.259. The molecule has 204 valence electrons. The Bertz CT molecular complexity index is 1440. The maximum atomic E-state index is 13.8. The number of carbonyl (C=O) groups excluding carboxylic acids is 3. The van der Waals surface area contributed by atoms with Crippen molar-refractivity contribution >= 4 is 27.8 Å². The van der Waals surface area contributed by atoms with E-state index in [1.54, 1.807) is 36.5 Å². The highest BCUT2D eigenvalue weighted by molar-refractivity contribution is 7.89. The topological polar surface area (TPSA) is 126 Å². The van der Waals surface area contributed by atoms with Gasteiger partial charge in [0.2, 0.25) is 15.9 Å². The number of rotatable bonds is 8. The van der Waals surface area contributed by atoms with Crippen LogP contribution in [0.15, 0.2) is 84.0 Å². The average molecular weight is 555 g/mol. The molecular weight excluding hydrogens is 527 g/mol. The van der Waals surface area contributed by atoms with Gasteiger partial charge in [-0.3, -0.25) is 14.6 Å². The Hall–Kier alpha value is -4.16. The first kappa shape index (κ1) is 27.9. The minimum atomic E-state index is -4.15. The van der Waals surface area contributed by atoms with Crippen molar-refractivity contribution in [3.63, 3.8) is 0 Å². The first-order valence-corrected chi connectivity index (χ1v) is 13.5. The molecular formula is C27H27FN4O6S. The summed E-state index contributed by atoms with van der Waals surface area (Å²) in [7, 11) is -2.97. The molecule has 10 nitrogen and oxygen atoms in total. The van der Waals surface area contributed by atoms with Gasteiger partial charge in [0.1, 0.15) is 17.9 Å². The molecule has 2 unspecified atom stereocenters. The lowest BCUT2D eigenvalue weighted by Crippen LogP contribution is -2.62. The number of sulfonamides is 1. The SMILES string of the molecule is COC(=O)C(Cc1cccnc1)NC(=O)C1CN(C(=O)c2cccc(F)c2)CCN1S(=O)(=O)c1ccccc1. The number of amides is 2. The second-order valence-electron chi connectivity index (χ2n) is 8.86. The lowest BCUT2D eigenvalue weighted by atomic mass is 10.1. The smallest absolute Gasteiger partial charge is 0.328 e. The molecule has 12 heteroatoms. The molecule has 1 aromatic heterocycles. The summed E-state index contributed by atoms with van der Waals surface area (Å²) in [4.78, 5) is 44.6. The van der Waals surface area contributed by atoms with E-state index in [2.05, 4.69) is 10.3 Å². The minimum absolute atomic E-state index is 0.0208. The Labute approximate surface area is 225 Å². The highest BCUT2D eigenvalue weighted by Gasteiger charge is 2.42. The number of nitrogens with zero attached hydrogens (tertiary/aromatic N) is 3. The van der Waals surface area contributed by atoms with Crippen LogP contribution in [0.5, 0.6) is 0 Å². The average Bonchev–Trinajstić information content (AvgIpc) is 2.96. The Morgan fingerprint density at radius 1 is 1.08 bits per heavy atom. The summed E-state index contributed by atoms with van der Waals surface area (Å²) < 4.78 is 46.8. The molecule has 1 N–H and O–H groups in total. The molecule has 3 aromatic rings. The summed E-state index contributed by atoms with van der Waals surface area (Å²) in [5.74, 6) is -2.67. The summed E-state index contributed by atoms with van der Waals surface area (Å²) in [6, 6.07) is 13.6. The zero-order chi connectivity index (χ0) is 28.0. The second-order valence-corrected chi connectivity index (χ2v) is 10.7. The molecule has 39 heavy (non-hydrogen) atoms. The van der Waals surface area contributed by atoms with Crippen LogP contribution >= 0.6 is 0 Å². The third kappa shape index (κ3) is 6.47. The molecule has 4 rings (SSSR count). The number of halogens is 1. The van der Waals surface area contributed by atoms with E-state index in [0.717, 1.165) is 10.4 Å². The summed E-state index contributed by atoms with van der Waals surface area (Å²) >= 11 is 0. The van der Waals surface area contributed by atoms with E-state index >= 15 is 0 Å². The Morgan fingerprint density at radius 2 is 1.85 bits per heavy atom. The Kier molecular flexibility index (Phi) is 8.67. The van der Waals surface area contributed by atoms with E-state index < -0.39 is 45.7 Å². The van der Waals surface area contributed by atoms with Crippen LogP contribution in [0, 0.1) is 5.82 Å². The number of esters is 1. The van der Waals surface area contributed by atoms with Crippen molar-refractivity contribution in [1.29, 1.82) is 0 Å². The van der Waals surface area contributed by atoms with Gasteiger partial charge in [-0.25, -0.2) is 17.6 Å². The van der Waals surface area contributed by atoms with Crippen molar-refractivity contribution in [2.75, 3.05) is 26.7 Å². The van der Waals surface area contributed by atoms with Crippen LogP contribution < -0.4 is 5.32 Å². The first-order chi connectivity index (χ1) is 18.7. The summed E-state index contributed by atoms with van der Waals surface area (Å²) in [5, 5.41) is 2.60. The van der Waals surface area contributed by atoms with Crippen LogP contribution in [-0.4, -0.2) is 79.2 Å². The van der Waals surface area contributed by atoms with Gasteiger partial charge < -0.3 is 15.0 Å². The van der Waals surface area contributed by atoms with Crippen molar-refractivity contribution in [3.05, 3.63) is 96.1 Å². The predicted molar refractivity (Wildman–Crippen MR) is 138 cm³/mol. The lowest BCUT2D eigenvalue weighted by Gasteiger charge is -2.40. The van der Waals surface area contributed by atoms with Gasteiger partial charge in [-0.05, 0) is 42.0 Å². The van der Waals surface area contributed by atoms with Crippen molar-refractivity contribution in [1.82, 2.24) is 19.5 Å². The molecule has 2 amide bonds. The fourth-order valence-corrected chi connectivity index (χ4v) is 5.93. The highest BCUT2D eigenvalue weighted by atomic mass is 32.2. The number of pyridine rings is 1. The van der Waals surface area contributed by atoms with Crippen LogP contribution in [0.1, 0.15) is 15.9 Å². The number of benzene rings is 2. The number of carbonyl (C=O) groups is 3. The van der Waals surface area contributed by atoms with Crippen LogP contribution in [0.2, 0.25) is 0 Å². The van der Waals surface area contributed by atoms with Crippen LogP contribution in [-0.2, 0) is 30.8 Å². The number of ether oxygens (including phenoxy) is 1. The number of piperazine rings is 1. The lowest BCUT2D eigenvalue weighted by molar-refractivity contribution is -0.145. The molecule has 1 fully saturated rings. The van der Waals surface area contributed by atoms with Gasteiger partial charge in [0.25, 0.3) is 5.91 Å². The highest BCUT2D eigenvalue weighted by Crippen LogP contribution is 2.23. The molecule has 0 saturated carbocycles. The predicted octanol–water partition coefficient (Wildman–Crippen LogP) is 1.64. The summed E-state index contributed by atoms with van der Waals surface area (Å²) in [5.41, 5.74) is 0.714. The van der Waals surface area contributed by atoms with Crippen LogP contribution in [0.25, 0.3) is 0 Å². The van der Waals surface area contributed by atoms with Crippen molar-refractivity contribution in [3.8, 4) is 0 Å². The molecule has 0 bridgehead atoms. The molecule has 2 atom stereocenters. The minimum Gasteiger partial charge on any atom is -0.467 e. The number of nitrogens with one attached hydrogen (secondary N) is 1. The third-order valence-electron chi connectivity index (χ3n) is 6.31. The van der Waals surface area contributed by atoms with Gasteiger partial charge in [0.15, 0.2) is 0 Å². The van der Waals surface area contributed by atoms with Crippen molar-refractivity contribution in [2.24, 2.45) is 0 Å². The zero-order valence-corrected chi connectivity index (χ0v) is 21.9. The maximum absolute atomic E-state index is 13.8. The van der Waals surface area contributed by atoms with Gasteiger partial charge in [-0.2, -0.15) is 4.31 Å². The molecule has 1 aliphatic heterocycles. The largest absolute Gasteiger partial charge is 0.467 e. The molecule has 2 aromatic carbocycles. The van der Waals surface area contributed by atoms with Gasteiger partial charge in [0.05, 0.1) is 12.0 Å². The second kappa shape index (κ2) is 12.1. The van der Waals surface area contributed by atoms with E-state index in [0.29, 0.717) is 5.56 Å². The maximum Gasteiger partial charge on any atom is 0.328 e. The number of hydrogen-bond donors (Lipinski definition) is 1. The molecule has 0 radical (unpaired) electrons. The van der Waals surface area contributed by atoms with E-state index in [9.17, 15) is 27.2 Å². The zero-order valence-electron chi connectivity index (χ0n) is 21.1. The number of aromatic nitrogens is 1. The normalized spacial score (nSPS) is 16.8. The van der Waals surface area contributed by atoms with Gasteiger partial charge in [-0.15, -0.1) is 0 Å². The number of hydrogen-bond acceptors (Lipinski definition) is 7. The summed E-state index contributed by atoms with van der Waals surface area (Å²) in [6.07, 6.45) is 3.15. The fourth-order valence-electron chi connectivity index (χ4n) is 4.34. The quantitative estimate of drug-likeness (QED) is 0.420. The van der Waals surface area contributed by atoms with E-state index in [4.69, 9.17) is 4.74 Å². The van der Waals surface area contributed by atoms with Crippen molar-refractivity contribution in [2.45, 2.75) is 23.4 Å². The Balaban J connectivity index is 1.64. The molecule has 1 aliphatic rings. The van der Waals surface area contributed by atoms with Gasteiger partial charge in [0, 0.05) is 44.0 Å². The van der Waals surface area contributed by atoms with Crippen LogP contribution in [0.3, 0.4) is 0 Å². The molecule has 0 spiro atoms. The molecule has 0 aliphatic carbocycles. The summed E-state index contributed by atoms with van der Waals surface area (Å²) in [6.45, 7) is -0.531. The molecule has 1 saturated heterocycles. The monoisotopic (exact) mass is 554 g/mol.